The normalized spacial score (nSPS) is 16.1. The second-order valence-electron chi connectivity index (χ2n) is 6.92. The van der Waals surface area contributed by atoms with E-state index in [0.717, 1.165) is 54.9 Å². The zero-order valence-electron chi connectivity index (χ0n) is 16.4. The van der Waals surface area contributed by atoms with Crippen molar-refractivity contribution >= 4 is 6.03 Å². The number of nitrogens with one attached hydrogen (secondary N) is 1. The Morgan fingerprint density at radius 3 is 2.82 bits per heavy atom. The Morgan fingerprint density at radius 2 is 2.07 bits per heavy atom. The van der Waals surface area contributed by atoms with Crippen molar-refractivity contribution in [3.63, 3.8) is 0 Å². The molecule has 1 fully saturated rings. The van der Waals surface area contributed by atoms with E-state index in [1.165, 1.54) is 12.1 Å². The van der Waals surface area contributed by atoms with Crippen LogP contribution >= 0.6 is 0 Å². The number of hydrogen-bond acceptors (Lipinski definition) is 3. The minimum atomic E-state index is -0.227. The second kappa shape index (κ2) is 9.44. The van der Waals surface area contributed by atoms with Gasteiger partial charge in [-0.25, -0.2) is 9.18 Å². The van der Waals surface area contributed by atoms with Crippen LogP contribution in [0.5, 0.6) is 11.5 Å². The molecule has 0 bridgehead atoms. The van der Waals surface area contributed by atoms with Crippen molar-refractivity contribution in [3.05, 3.63) is 59.4 Å². The van der Waals surface area contributed by atoms with Crippen LogP contribution in [0.25, 0.3) is 0 Å². The first-order valence-corrected chi connectivity index (χ1v) is 9.63. The van der Waals surface area contributed by atoms with Crippen LogP contribution in [-0.2, 0) is 6.42 Å². The Morgan fingerprint density at radius 1 is 1.21 bits per heavy atom. The zero-order valence-corrected chi connectivity index (χ0v) is 16.4. The second-order valence-corrected chi connectivity index (χ2v) is 6.92. The smallest absolute Gasteiger partial charge is 0.317 e. The summed E-state index contributed by atoms with van der Waals surface area (Å²) >= 11 is 0. The lowest BCUT2D eigenvalue weighted by molar-refractivity contribution is 0.192. The number of methoxy groups -OCH3 is 2. The molecule has 5 nitrogen and oxygen atoms in total. The number of halogens is 1. The van der Waals surface area contributed by atoms with Gasteiger partial charge in [0.1, 0.15) is 17.3 Å². The number of carbonyl (C=O) groups is 1. The van der Waals surface area contributed by atoms with E-state index in [9.17, 15) is 9.18 Å². The highest BCUT2D eigenvalue weighted by Crippen LogP contribution is 2.38. The van der Waals surface area contributed by atoms with Crippen molar-refractivity contribution in [1.29, 1.82) is 0 Å². The van der Waals surface area contributed by atoms with Crippen molar-refractivity contribution in [2.24, 2.45) is 0 Å². The first-order chi connectivity index (χ1) is 13.6. The molecule has 1 aliphatic heterocycles. The summed E-state index contributed by atoms with van der Waals surface area (Å²) in [4.78, 5) is 14.6. The van der Waals surface area contributed by atoms with Crippen LogP contribution in [0.4, 0.5) is 9.18 Å². The van der Waals surface area contributed by atoms with E-state index < -0.39 is 0 Å². The van der Waals surface area contributed by atoms with Crippen LogP contribution < -0.4 is 14.8 Å². The lowest BCUT2D eigenvalue weighted by atomic mass is 10.0. The zero-order chi connectivity index (χ0) is 19.9. The molecule has 1 aliphatic rings. The third kappa shape index (κ3) is 4.74. The number of aryl methyl sites for hydroxylation is 1. The molecule has 0 radical (unpaired) electrons. The van der Waals surface area contributed by atoms with Crippen LogP contribution in [0.3, 0.4) is 0 Å². The number of ether oxygens (including phenoxy) is 2. The Hall–Kier alpha value is -2.76. The molecule has 1 atom stereocenters. The van der Waals surface area contributed by atoms with Gasteiger partial charge in [0.2, 0.25) is 0 Å². The topological polar surface area (TPSA) is 50.8 Å². The van der Waals surface area contributed by atoms with Gasteiger partial charge in [-0.1, -0.05) is 12.1 Å². The summed E-state index contributed by atoms with van der Waals surface area (Å²) in [6, 6.07) is 12.2. The maximum Gasteiger partial charge on any atom is 0.317 e. The average molecular weight is 386 g/mol. The van der Waals surface area contributed by atoms with Crippen molar-refractivity contribution in [2.75, 3.05) is 27.3 Å². The highest BCUT2D eigenvalue weighted by Gasteiger charge is 2.31. The summed E-state index contributed by atoms with van der Waals surface area (Å²) in [5.74, 6) is 1.23. The van der Waals surface area contributed by atoms with E-state index in [2.05, 4.69) is 5.32 Å². The number of urea groups is 1. The fourth-order valence-corrected chi connectivity index (χ4v) is 3.71. The predicted octanol–water partition coefficient (Wildman–Crippen LogP) is 4.32. The quantitative estimate of drug-likeness (QED) is 0.721. The summed E-state index contributed by atoms with van der Waals surface area (Å²) in [6.07, 6.45) is 3.35. The highest BCUT2D eigenvalue weighted by atomic mass is 19.1. The minimum Gasteiger partial charge on any atom is -0.497 e. The molecule has 1 N–H and O–H groups in total. The number of hydrogen-bond donors (Lipinski definition) is 1. The van der Waals surface area contributed by atoms with Gasteiger partial charge in [0, 0.05) is 24.7 Å². The lowest BCUT2D eigenvalue weighted by Gasteiger charge is -2.26. The van der Waals surface area contributed by atoms with Gasteiger partial charge < -0.3 is 19.7 Å². The van der Waals surface area contributed by atoms with Crippen molar-refractivity contribution in [1.82, 2.24) is 10.2 Å². The van der Waals surface area contributed by atoms with E-state index >= 15 is 0 Å². The molecule has 1 heterocycles. The molecule has 0 aliphatic carbocycles. The van der Waals surface area contributed by atoms with E-state index in [4.69, 9.17) is 9.47 Å². The number of carbonyl (C=O) groups excluding carboxylic acids is 1. The van der Waals surface area contributed by atoms with Gasteiger partial charge in [0.05, 0.1) is 20.3 Å². The SMILES string of the molecule is COc1ccc(C2CCCN2C(=O)NCCCc2cccc(F)c2)c(OC)c1. The maximum atomic E-state index is 13.2. The number of likely N-dealkylation sites (tertiary alicyclic amines) is 1. The Balaban J connectivity index is 1.57. The summed E-state index contributed by atoms with van der Waals surface area (Å²) in [5.41, 5.74) is 1.94. The third-order valence-electron chi connectivity index (χ3n) is 5.12. The number of rotatable bonds is 7. The molecule has 150 valence electrons. The average Bonchev–Trinajstić information content (AvgIpc) is 3.20. The van der Waals surface area contributed by atoms with Gasteiger partial charge in [0.15, 0.2) is 0 Å². The van der Waals surface area contributed by atoms with Gasteiger partial charge in [-0.2, -0.15) is 0 Å². The van der Waals surface area contributed by atoms with Crippen molar-refractivity contribution < 1.29 is 18.7 Å². The molecule has 1 unspecified atom stereocenters. The largest absolute Gasteiger partial charge is 0.497 e. The Kier molecular flexibility index (Phi) is 6.74. The fourth-order valence-electron chi connectivity index (χ4n) is 3.71. The molecule has 28 heavy (non-hydrogen) atoms. The third-order valence-corrected chi connectivity index (χ3v) is 5.12. The maximum absolute atomic E-state index is 13.2. The molecule has 1 saturated heterocycles. The Bertz CT molecular complexity index is 812. The summed E-state index contributed by atoms with van der Waals surface area (Å²) in [7, 11) is 3.25. The van der Waals surface area contributed by atoms with Gasteiger partial charge in [-0.3, -0.25) is 0 Å². The van der Waals surface area contributed by atoms with Gasteiger partial charge in [0.25, 0.3) is 0 Å². The molecular formula is C22H27FN2O3. The Labute approximate surface area is 165 Å². The summed E-state index contributed by atoms with van der Waals surface area (Å²) in [5, 5.41) is 3.00. The van der Waals surface area contributed by atoms with Gasteiger partial charge in [-0.15, -0.1) is 0 Å². The molecule has 2 amide bonds. The molecule has 6 heteroatoms. The lowest BCUT2D eigenvalue weighted by Crippen LogP contribution is -2.40. The first kappa shape index (κ1) is 20.0. The molecule has 0 saturated carbocycles. The van der Waals surface area contributed by atoms with Crippen LogP contribution in [0.15, 0.2) is 42.5 Å². The monoisotopic (exact) mass is 386 g/mol. The van der Waals surface area contributed by atoms with Crippen molar-refractivity contribution in [2.45, 2.75) is 31.7 Å². The molecule has 0 aromatic heterocycles. The van der Waals surface area contributed by atoms with E-state index in [1.54, 1.807) is 20.3 Å². The molecule has 2 aromatic carbocycles. The van der Waals surface area contributed by atoms with E-state index in [1.807, 2.05) is 29.2 Å². The number of nitrogens with zero attached hydrogens (tertiary/aromatic N) is 1. The standard InChI is InChI=1S/C22H27FN2O3/c1-27-18-10-11-19(21(15-18)28-2)20-9-5-13-25(20)22(26)24-12-4-7-16-6-3-8-17(23)14-16/h3,6,8,10-11,14-15,20H,4-5,7,9,12-13H2,1-2H3,(H,24,26). The predicted molar refractivity (Wildman–Crippen MR) is 106 cm³/mol. The van der Waals surface area contributed by atoms with Crippen LogP contribution in [0.1, 0.15) is 36.4 Å². The fraction of sp³-hybridized carbons (Fsp3) is 0.409. The summed E-state index contributed by atoms with van der Waals surface area (Å²) < 4.78 is 24.0. The first-order valence-electron chi connectivity index (χ1n) is 9.63. The summed E-state index contributed by atoms with van der Waals surface area (Å²) in [6.45, 7) is 1.27. The van der Waals surface area contributed by atoms with E-state index in [-0.39, 0.29) is 17.9 Å². The van der Waals surface area contributed by atoms with Crippen molar-refractivity contribution in [3.8, 4) is 11.5 Å². The van der Waals surface area contributed by atoms with Crippen LogP contribution in [0, 0.1) is 5.82 Å². The number of amides is 2. The molecule has 0 spiro atoms. The van der Waals surface area contributed by atoms with Gasteiger partial charge in [-0.05, 0) is 55.5 Å². The highest BCUT2D eigenvalue weighted by molar-refractivity contribution is 5.75. The molecule has 3 rings (SSSR count). The molecular weight excluding hydrogens is 359 g/mol. The molecule has 2 aromatic rings. The minimum absolute atomic E-state index is 0.0101. The number of benzene rings is 2. The van der Waals surface area contributed by atoms with Gasteiger partial charge >= 0.3 is 6.03 Å². The van der Waals surface area contributed by atoms with Crippen LogP contribution in [-0.4, -0.2) is 38.2 Å². The van der Waals surface area contributed by atoms with Crippen LogP contribution in [0.2, 0.25) is 0 Å². The van der Waals surface area contributed by atoms with E-state index in [0.29, 0.717) is 6.54 Å².